The van der Waals surface area contributed by atoms with Crippen molar-refractivity contribution < 1.29 is 9.53 Å². The van der Waals surface area contributed by atoms with Gasteiger partial charge in [0.05, 0.1) is 18.8 Å². The van der Waals surface area contributed by atoms with Crippen molar-refractivity contribution in [3.8, 4) is 5.75 Å². The van der Waals surface area contributed by atoms with Gasteiger partial charge < -0.3 is 10.1 Å². The summed E-state index contributed by atoms with van der Waals surface area (Å²) in [7, 11) is 1.71. The maximum absolute atomic E-state index is 12.8. The SMILES string of the molecule is COc1cccc(CN2CCC(C(NC(=O)CC3CCCC3)c3ccccn3)CC2)c1. The Labute approximate surface area is 186 Å². The summed E-state index contributed by atoms with van der Waals surface area (Å²) in [6.45, 7) is 3.00. The molecule has 0 radical (unpaired) electrons. The average Bonchev–Trinajstić information content (AvgIpc) is 3.32. The van der Waals surface area contributed by atoms with Crippen molar-refractivity contribution in [2.75, 3.05) is 20.2 Å². The number of benzene rings is 1. The van der Waals surface area contributed by atoms with Crippen LogP contribution in [0.1, 0.15) is 62.2 Å². The first-order chi connectivity index (χ1) is 15.2. The molecule has 1 aliphatic carbocycles. The van der Waals surface area contributed by atoms with E-state index in [0.29, 0.717) is 18.3 Å². The van der Waals surface area contributed by atoms with E-state index in [-0.39, 0.29) is 11.9 Å². The highest BCUT2D eigenvalue weighted by Crippen LogP contribution is 2.32. The van der Waals surface area contributed by atoms with Crippen molar-refractivity contribution in [2.24, 2.45) is 11.8 Å². The molecule has 2 fully saturated rings. The summed E-state index contributed by atoms with van der Waals surface area (Å²) >= 11 is 0. The van der Waals surface area contributed by atoms with Gasteiger partial charge in [0.25, 0.3) is 0 Å². The van der Waals surface area contributed by atoms with Crippen molar-refractivity contribution in [3.05, 3.63) is 59.9 Å². The Bertz CT molecular complexity index is 828. The molecule has 5 heteroatoms. The van der Waals surface area contributed by atoms with E-state index in [1.54, 1.807) is 7.11 Å². The lowest BCUT2D eigenvalue weighted by Crippen LogP contribution is -2.41. The number of rotatable bonds is 8. The number of piperidine rings is 1. The molecule has 1 amide bonds. The quantitative estimate of drug-likeness (QED) is 0.669. The van der Waals surface area contributed by atoms with E-state index < -0.39 is 0 Å². The van der Waals surface area contributed by atoms with Crippen LogP contribution in [-0.2, 0) is 11.3 Å². The Hall–Kier alpha value is -2.40. The second kappa shape index (κ2) is 10.8. The molecule has 1 aromatic carbocycles. The van der Waals surface area contributed by atoms with Crippen molar-refractivity contribution >= 4 is 5.91 Å². The first-order valence-electron chi connectivity index (χ1n) is 11.8. The predicted molar refractivity (Wildman–Crippen MR) is 123 cm³/mol. The zero-order valence-corrected chi connectivity index (χ0v) is 18.6. The molecule has 31 heavy (non-hydrogen) atoms. The fourth-order valence-electron chi connectivity index (χ4n) is 5.18. The summed E-state index contributed by atoms with van der Waals surface area (Å²) in [5.41, 5.74) is 2.28. The lowest BCUT2D eigenvalue weighted by Gasteiger charge is -2.36. The van der Waals surface area contributed by atoms with Crippen molar-refractivity contribution in [2.45, 2.75) is 57.5 Å². The maximum Gasteiger partial charge on any atom is 0.220 e. The fourth-order valence-corrected chi connectivity index (χ4v) is 5.18. The molecule has 0 spiro atoms. The highest BCUT2D eigenvalue weighted by atomic mass is 16.5. The normalized spacial score (nSPS) is 19.3. The van der Waals surface area contributed by atoms with E-state index in [0.717, 1.165) is 43.9 Å². The first kappa shape index (κ1) is 21.8. The second-order valence-corrected chi connectivity index (χ2v) is 9.12. The number of aromatic nitrogens is 1. The summed E-state index contributed by atoms with van der Waals surface area (Å²) in [5, 5.41) is 3.37. The van der Waals surface area contributed by atoms with Gasteiger partial charge in [-0.25, -0.2) is 0 Å². The molecule has 1 saturated carbocycles. The second-order valence-electron chi connectivity index (χ2n) is 9.12. The number of carbonyl (C=O) groups excluding carboxylic acids is 1. The van der Waals surface area contributed by atoms with E-state index in [2.05, 4.69) is 39.5 Å². The van der Waals surface area contributed by atoms with Crippen LogP contribution in [-0.4, -0.2) is 36.0 Å². The topological polar surface area (TPSA) is 54.5 Å². The predicted octanol–water partition coefficient (Wildman–Crippen LogP) is 4.74. The summed E-state index contributed by atoms with van der Waals surface area (Å²) in [4.78, 5) is 19.9. The Morgan fingerprint density at radius 3 is 2.65 bits per heavy atom. The molecule has 1 N–H and O–H groups in total. The molecule has 1 saturated heterocycles. The molecule has 1 aliphatic heterocycles. The Morgan fingerprint density at radius 1 is 1.13 bits per heavy atom. The number of hydrogen-bond donors (Lipinski definition) is 1. The van der Waals surface area contributed by atoms with Crippen LogP contribution in [0.15, 0.2) is 48.7 Å². The lowest BCUT2D eigenvalue weighted by molar-refractivity contribution is -0.123. The molecule has 2 aliphatic rings. The number of pyridine rings is 1. The number of nitrogens with one attached hydrogen (secondary N) is 1. The van der Waals surface area contributed by atoms with E-state index in [1.807, 2.05) is 24.4 Å². The van der Waals surface area contributed by atoms with Gasteiger partial charge in [-0.1, -0.05) is 31.0 Å². The third kappa shape index (κ3) is 6.07. The van der Waals surface area contributed by atoms with Crippen LogP contribution < -0.4 is 10.1 Å². The molecular weight excluding hydrogens is 386 g/mol. The standard InChI is InChI=1S/C26H35N3O2/c1-31-23-10-6-9-21(17-23)19-29-15-12-22(13-16-29)26(24-11-4-5-14-27-24)28-25(30)18-20-7-2-3-8-20/h4-6,9-11,14,17,20,22,26H,2-3,7-8,12-13,15-16,18-19H2,1H3,(H,28,30). The Morgan fingerprint density at radius 2 is 1.94 bits per heavy atom. The summed E-state index contributed by atoms with van der Waals surface area (Å²) in [6.07, 6.45) is 9.57. The molecule has 2 heterocycles. The zero-order chi connectivity index (χ0) is 21.5. The number of ether oxygens (including phenoxy) is 1. The summed E-state index contributed by atoms with van der Waals surface area (Å²) in [6, 6.07) is 14.4. The van der Waals surface area contributed by atoms with Crippen LogP contribution in [0.2, 0.25) is 0 Å². The van der Waals surface area contributed by atoms with Crippen LogP contribution in [0.4, 0.5) is 0 Å². The number of amides is 1. The highest BCUT2D eigenvalue weighted by Gasteiger charge is 2.30. The highest BCUT2D eigenvalue weighted by molar-refractivity contribution is 5.76. The number of hydrogen-bond acceptors (Lipinski definition) is 4. The molecule has 4 rings (SSSR count). The van der Waals surface area contributed by atoms with Crippen molar-refractivity contribution in [3.63, 3.8) is 0 Å². The first-order valence-corrected chi connectivity index (χ1v) is 11.8. The van der Waals surface area contributed by atoms with Gasteiger partial charge in [0.1, 0.15) is 5.75 Å². The number of likely N-dealkylation sites (tertiary alicyclic amines) is 1. The van der Waals surface area contributed by atoms with Crippen LogP contribution in [0.5, 0.6) is 5.75 Å². The maximum atomic E-state index is 12.8. The number of methoxy groups -OCH3 is 1. The molecule has 1 aromatic heterocycles. The Balaban J connectivity index is 1.36. The minimum absolute atomic E-state index is 0.00840. The minimum atomic E-state index is 0.00840. The lowest BCUT2D eigenvalue weighted by atomic mass is 9.86. The molecule has 166 valence electrons. The van der Waals surface area contributed by atoms with Gasteiger partial charge in [-0.2, -0.15) is 0 Å². The van der Waals surface area contributed by atoms with Gasteiger partial charge in [-0.15, -0.1) is 0 Å². The molecule has 1 atom stereocenters. The van der Waals surface area contributed by atoms with Gasteiger partial charge >= 0.3 is 0 Å². The van der Waals surface area contributed by atoms with E-state index in [4.69, 9.17) is 4.74 Å². The van der Waals surface area contributed by atoms with Crippen molar-refractivity contribution in [1.82, 2.24) is 15.2 Å². The monoisotopic (exact) mass is 421 g/mol. The van der Waals surface area contributed by atoms with Gasteiger partial charge in [0.15, 0.2) is 0 Å². The van der Waals surface area contributed by atoms with Gasteiger partial charge in [0, 0.05) is 19.2 Å². The van der Waals surface area contributed by atoms with Crippen LogP contribution in [0, 0.1) is 11.8 Å². The smallest absolute Gasteiger partial charge is 0.220 e. The van der Waals surface area contributed by atoms with Crippen LogP contribution >= 0.6 is 0 Å². The van der Waals surface area contributed by atoms with Crippen molar-refractivity contribution in [1.29, 1.82) is 0 Å². The summed E-state index contributed by atoms with van der Waals surface area (Å²) < 4.78 is 5.36. The minimum Gasteiger partial charge on any atom is -0.497 e. The van der Waals surface area contributed by atoms with Gasteiger partial charge in [0.2, 0.25) is 5.91 Å². The Kier molecular flexibility index (Phi) is 7.57. The molecule has 0 bridgehead atoms. The van der Waals surface area contributed by atoms with E-state index in [1.165, 1.54) is 31.2 Å². The molecule has 5 nitrogen and oxygen atoms in total. The fraction of sp³-hybridized carbons (Fsp3) is 0.538. The zero-order valence-electron chi connectivity index (χ0n) is 18.6. The summed E-state index contributed by atoms with van der Waals surface area (Å²) in [5.74, 6) is 2.09. The largest absolute Gasteiger partial charge is 0.497 e. The molecule has 1 unspecified atom stereocenters. The van der Waals surface area contributed by atoms with Crippen LogP contribution in [0.25, 0.3) is 0 Å². The van der Waals surface area contributed by atoms with Gasteiger partial charge in [-0.05, 0) is 80.4 Å². The molecule has 2 aromatic rings. The van der Waals surface area contributed by atoms with E-state index in [9.17, 15) is 4.79 Å². The average molecular weight is 422 g/mol. The van der Waals surface area contributed by atoms with E-state index >= 15 is 0 Å². The number of carbonyl (C=O) groups is 1. The number of nitrogens with zero attached hydrogens (tertiary/aromatic N) is 2. The molecular formula is C26H35N3O2. The van der Waals surface area contributed by atoms with Crippen LogP contribution in [0.3, 0.4) is 0 Å². The third-order valence-electron chi connectivity index (χ3n) is 6.92. The van der Waals surface area contributed by atoms with Gasteiger partial charge in [-0.3, -0.25) is 14.7 Å². The third-order valence-corrected chi connectivity index (χ3v) is 6.92.